The van der Waals surface area contributed by atoms with Crippen molar-refractivity contribution in [2.45, 2.75) is 6.42 Å². The number of nitrogens with zero attached hydrogens (tertiary/aromatic N) is 4. The minimum atomic E-state index is 0.194. The lowest BCUT2D eigenvalue weighted by molar-refractivity contribution is 0.737. The Morgan fingerprint density at radius 3 is 2.62 bits per heavy atom. The maximum atomic E-state index is 4.76. The Labute approximate surface area is 134 Å². The molecule has 0 saturated heterocycles. The van der Waals surface area contributed by atoms with E-state index in [1.165, 1.54) is 5.57 Å². The summed E-state index contributed by atoms with van der Waals surface area (Å²) in [6.07, 6.45) is 6.77. The van der Waals surface area contributed by atoms with E-state index in [1.54, 1.807) is 11.0 Å². The number of hydrogen-bond acceptors (Lipinski definition) is 4. The van der Waals surface area contributed by atoms with Gasteiger partial charge in [0.1, 0.15) is 6.33 Å². The van der Waals surface area contributed by atoms with Gasteiger partial charge in [-0.1, -0.05) is 6.08 Å². The van der Waals surface area contributed by atoms with E-state index in [1.807, 2.05) is 25.4 Å². The number of rotatable bonds is 2. The average molecular weight is 326 g/mol. The lowest BCUT2D eigenvalue weighted by atomic mass is 10.0. The Morgan fingerprint density at radius 2 is 2.10 bits per heavy atom. The molecule has 1 aliphatic heterocycles. The topological polar surface area (TPSA) is 55.6 Å². The molecule has 7 heteroatoms. The summed E-state index contributed by atoms with van der Waals surface area (Å²) >= 11 is 9.53. The van der Waals surface area contributed by atoms with E-state index >= 15 is 0 Å². The van der Waals surface area contributed by atoms with E-state index < -0.39 is 0 Å². The molecule has 1 N–H and O–H groups in total. The van der Waals surface area contributed by atoms with Crippen molar-refractivity contribution in [3.8, 4) is 11.4 Å². The minimum absolute atomic E-state index is 0.194. The van der Waals surface area contributed by atoms with E-state index in [4.69, 9.17) is 23.2 Å². The van der Waals surface area contributed by atoms with Gasteiger partial charge in [0.15, 0.2) is 5.82 Å². The van der Waals surface area contributed by atoms with E-state index in [0.717, 1.165) is 36.6 Å². The van der Waals surface area contributed by atoms with Crippen LogP contribution < -0.4 is 5.32 Å². The molecule has 0 fully saturated rings. The first-order valence-corrected chi connectivity index (χ1v) is 7.65. The van der Waals surface area contributed by atoms with Gasteiger partial charge in [-0.25, -0.2) is 4.98 Å². The van der Waals surface area contributed by atoms with Gasteiger partial charge in [0.05, 0.1) is 11.0 Å². The Hall–Kier alpha value is -1.43. The number of alkyl halides is 2. The standard InChI is InChI=1S/C13H15N5.CH2Cl2/c1-18-9-16-13(17-18)11-2-3-12(15-8-11)10-4-6-14-7-5-10;2-1-3/h2-4,8-9,14H,5-7H2,1H3;1H2. The van der Waals surface area contributed by atoms with Gasteiger partial charge in [0.25, 0.3) is 0 Å². The van der Waals surface area contributed by atoms with Gasteiger partial charge in [-0.2, -0.15) is 5.10 Å². The second-order valence-electron chi connectivity index (χ2n) is 4.46. The van der Waals surface area contributed by atoms with Gasteiger partial charge >= 0.3 is 0 Å². The van der Waals surface area contributed by atoms with Crippen LogP contribution in [0.4, 0.5) is 0 Å². The number of hydrogen-bond donors (Lipinski definition) is 1. The Balaban J connectivity index is 0.000000497. The molecule has 0 atom stereocenters. The zero-order valence-corrected chi connectivity index (χ0v) is 13.3. The first kappa shape index (κ1) is 15.9. The highest BCUT2D eigenvalue weighted by atomic mass is 35.5. The van der Waals surface area contributed by atoms with Gasteiger partial charge in [0.2, 0.25) is 0 Å². The molecule has 0 spiro atoms. The van der Waals surface area contributed by atoms with E-state index in [2.05, 4.69) is 26.5 Å². The Kier molecular flexibility index (Phi) is 6.17. The highest BCUT2D eigenvalue weighted by Crippen LogP contribution is 2.20. The van der Waals surface area contributed by atoms with Crippen molar-refractivity contribution in [1.29, 1.82) is 0 Å². The van der Waals surface area contributed by atoms with Crippen LogP contribution in [0.3, 0.4) is 0 Å². The normalized spacial score (nSPS) is 14.1. The van der Waals surface area contributed by atoms with Crippen molar-refractivity contribution in [1.82, 2.24) is 25.1 Å². The third kappa shape index (κ3) is 4.52. The smallest absolute Gasteiger partial charge is 0.182 e. The van der Waals surface area contributed by atoms with Crippen molar-refractivity contribution in [2.24, 2.45) is 7.05 Å². The summed E-state index contributed by atoms with van der Waals surface area (Å²) in [6, 6.07) is 4.07. The van der Waals surface area contributed by atoms with Crippen LogP contribution in [0.25, 0.3) is 17.0 Å². The molecule has 0 bridgehead atoms. The quantitative estimate of drug-likeness (QED) is 0.862. The fourth-order valence-electron chi connectivity index (χ4n) is 2.04. The molecule has 112 valence electrons. The van der Waals surface area contributed by atoms with Gasteiger partial charge < -0.3 is 5.32 Å². The third-order valence-corrected chi connectivity index (χ3v) is 3.01. The molecule has 3 rings (SSSR count). The summed E-state index contributed by atoms with van der Waals surface area (Å²) in [4.78, 5) is 8.72. The summed E-state index contributed by atoms with van der Waals surface area (Å²) in [7, 11) is 1.86. The largest absolute Gasteiger partial charge is 0.313 e. The summed E-state index contributed by atoms with van der Waals surface area (Å²) in [5, 5.41) is 7.76. The Bertz CT molecular complexity index is 592. The second-order valence-corrected chi connectivity index (χ2v) is 5.27. The van der Waals surface area contributed by atoms with Crippen LogP contribution in [0.2, 0.25) is 0 Å². The van der Waals surface area contributed by atoms with Crippen molar-refractivity contribution in [2.75, 3.05) is 18.4 Å². The summed E-state index contributed by atoms with van der Waals surface area (Å²) in [6.45, 7) is 1.96. The van der Waals surface area contributed by atoms with Gasteiger partial charge in [0, 0.05) is 25.4 Å². The van der Waals surface area contributed by atoms with Crippen LogP contribution in [0, 0.1) is 0 Å². The van der Waals surface area contributed by atoms with Crippen LogP contribution in [0.5, 0.6) is 0 Å². The molecule has 1 aliphatic rings. The maximum Gasteiger partial charge on any atom is 0.182 e. The molecule has 2 aromatic rings. The number of pyridine rings is 1. The minimum Gasteiger partial charge on any atom is -0.313 e. The molecule has 5 nitrogen and oxygen atoms in total. The van der Waals surface area contributed by atoms with Crippen molar-refractivity contribution < 1.29 is 0 Å². The first-order valence-electron chi connectivity index (χ1n) is 6.58. The van der Waals surface area contributed by atoms with E-state index in [-0.39, 0.29) is 5.34 Å². The molecule has 21 heavy (non-hydrogen) atoms. The predicted molar refractivity (Wildman–Crippen MR) is 86.3 cm³/mol. The molecular formula is C14H17Cl2N5. The van der Waals surface area contributed by atoms with Crippen molar-refractivity contribution in [3.05, 3.63) is 36.4 Å². The lowest BCUT2D eigenvalue weighted by Crippen LogP contribution is -2.20. The van der Waals surface area contributed by atoms with Crippen LogP contribution in [0.1, 0.15) is 12.1 Å². The molecule has 3 heterocycles. The molecule has 0 aromatic carbocycles. The molecular weight excluding hydrogens is 309 g/mol. The molecule has 0 radical (unpaired) electrons. The molecule has 0 aliphatic carbocycles. The Morgan fingerprint density at radius 1 is 1.29 bits per heavy atom. The number of halogens is 2. The fourth-order valence-corrected chi connectivity index (χ4v) is 2.04. The van der Waals surface area contributed by atoms with Gasteiger partial charge in [-0.3, -0.25) is 9.67 Å². The van der Waals surface area contributed by atoms with Crippen molar-refractivity contribution in [3.63, 3.8) is 0 Å². The number of nitrogens with one attached hydrogen (secondary N) is 1. The molecule has 0 unspecified atom stereocenters. The van der Waals surface area contributed by atoms with Crippen LogP contribution in [-0.2, 0) is 7.05 Å². The molecule has 0 amide bonds. The lowest BCUT2D eigenvalue weighted by Gasteiger charge is -2.13. The zero-order valence-electron chi connectivity index (χ0n) is 11.8. The highest BCUT2D eigenvalue weighted by Gasteiger charge is 2.08. The first-order chi connectivity index (χ1) is 10.2. The van der Waals surface area contributed by atoms with Crippen LogP contribution in [0.15, 0.2) is 30.7 Å². The van der Waals surface area contributed by atoms with Crippen molar-refractivity contribution >= 4 is 28.8 Å². The van der Waals surface area contributed by atoms with Gasteiger partial charge in [-0.15, -0.1) is 23.2 Å². The summed E-state index contributed by atoms with van der Waals surface area (Å²) in [5.74, 6) is 0.718. The van der Waals surface area contributed by atoms with Gasteiger partial charge in [-0.05, 0) is 30.7 Å². The number of aryl methyl sites for hydroxylation is 1. The fraction of sp³-hybridized carbons (Fsp3) is 0.357. The summed E-state index contributed by atoms with van der Waals surface area (Å²) < 4.78 is 1.69. The average Bonchev–Trinajstić information content (AvgIpc) is 2.96. The van der Waals surface area contributed by atoms with Crippen LogP contribution >= 0.6 is 23.2 Å². The third-order valence-electron chi connectivity index (χ3n) is 3.01. The number of aromatic nitrogens is 4. The predicted octanol–water partition coefficient (Wildman–Crippen LogP) is 2.68. The highest BCUT2D eigenvalue weighted by molar-refractivity contribution is 6.40. The van der Waals surface area contributed by atoms with E-state index in [9.17, 15) is 0 Å². The molecule has 2 aromatic heterocycles. The monoisotopic (exact) mass is 325 g/mol. The SMILES string of the molecule is ClCCl.Cn1cnc(-c2ccc(C3=CCNCC3)nc2)n1. The maximum absolute atomic E-state index is 4.76. The summed E-state index contributed by atoms with van der Waals surface area (Å²) in [5.41, 5.74) is 3.32. The van der Waals surface area contributed by atoms with E-state index in [0.29, 0.717) is 0 Å². The van der Waals surface area contributed by atoms with Crippen LogP contribution in [-0.4, -0.2) is 38.2 Å². The zero-order chi connectivity index (χ0) is 15.1. The molecule has 0 saturated carbocycles. The second kappa shape index (κ2) is 8.12.